The highest BCUT2D eigenvalue weighted by molar-refractivity contribution is 7.80. The van der Waals surface area contributed by atoms with E-state index in [0.717, 1.165) is 20.9 Å². The van der Waals surface area contributed by atoms with Crippen LogP contribution in [-0.2, 0) is 6.54 Å². The molecule has 3 heterocycles. The predicted molar refractivity (Wildman–Crippen MR) is 112 cm³/mol. The van der Waals surface area contributed by atoms with Gasteiger partial charge in [-0.1, -0.05) is 29.8 Å². The topological polar surface area (TPSA) is 75.0 Å². The van der Waals surface area contributed by atoms with Crippen molar-refractivity contribution in [3.8, 4) is 10.4 Å². The molecule has 0 aliphatic carbocycles. The molecular weight excluding hydrogens is 378 g/mol. The van der Waals surface area contributed by atoms with Gasteiger partial charge in [0.15, 0.2) is 10.9 Å². The van der Waals surface area contributed by atoms with Gasteiger partial charge < -0.3 is 9.73 Å². The van der Waals surface area contributed by atoms with Gasteiger partial charge in [0, 0.05) is 4.88 Å². The van der Waals surface area contributed by atoms with Crippen LogP contribution in [0.4, 0.5) is 5.82 Å². The number of benzene rings is 1. The third kappa shape index (κ3) is 4.07. The van der Waals surface area contributed by atoms with E-state index in [9.17, 15) is 0 Å². The number of anilines is 1. The summed E-state index contributed by atoms with van der Waals surface area (Å²) in [6.07, 6.45) is 3.17. The van der Waals surface area contributed by atoms with Crippen LogP contribution in [0, 0.1) is 6.92 Å². The lowest BCUT2D eigenvalue weighted by molar-refractivity contribution is 0.503. The number of aryl methyl sites for hydroxylation is 1. The average Bonchev–Trinajstić information content (AvgIpc) is 3.34. The van der Waals surface area contributed by atoms with E-state index in [2.05, 4.69) is 63.4 Å². The van der Waals surface area contributed by atoms with Gasteiger partial charge in [0.2, 0.25) is 0 Å². The van der Waals surface area contributed by atoms with Crippen LogP contribution in [-0.4, -0.2) is 15.1 Å². The third-order valence-corrected chi connectivity index (χ3v) is 5.34. The molecule has 0 atom stereocenters. The number of nitrogens with zero attached hydrogens (tertiary/aromatic N) is 2. The first-order valence-electron chi connectivity index (χ1n) is 8.33. The van der Waals surface area contributed by atoms with Crippen LogP contribution in [0.1, 0.15) is 11.3 Å². The molecule has 4 rings (SSSR count). The van der Waals surface area contributed by atoms with Crippen molar-refractivity contribution >= 4 is 44.7 Å². The van der Waals surface area contributed by atoms with Gasteiger partial charge in [0.25, 0.3) is 0 Å². The molecule has 0 fully saturated rings. The van der Waals surface area contributed by atoms with Gasteiger partial charge in [-0.3, -0.25) is 10.9 Å². The molecule has 0 saturated heterocycles. The summed E-state index contributed by atoms with van der Waals surface area (Å²) in [5.74, 6) is 1.50. The Morgan fingerprint density at radius 2 is 2.11 bits per heavy atom. The molecular formula is C19H17N5OS2. The average molecular weight is 396 g/mol. The van der Waals surface area contributed by atoms with Gasteiger partial charge in [0.05, 0.1) is 23.0 Å². The second kappa shape index (κ2) is 7.73. The highest BCUT2D eigenvalue weighted by Crippen LogP contribution is 2.35. The number of hydrazine groups is 1. The second-order valence-corrected chi connectivity index (χ2v) is 7.39. The zero-order chi connectivity index (χ0) is 18.6. The Labute approximate surface area is 165 Å². The first kappa shape index (κ1) is 17.4. The monoisotopic (exact) mass is 395 g/mol. The summed E-state index contributed by atoms with van der Waals surface area (Å²) in [6, 6.07) is 14.2. The zero-order valence-corrected chi connectivity index (χ0v) is 16.2. The quantitative estimate of drug-likeness (QED) is 0.344. The number of hydrogen-bond donors (Lipinski definition) is 3. The van der Waals surface area contributed by atoms with E-state index in [-0.39, 0.29) is 0 Å². The van der Waals surface area contributed by atoms with E-state index in [0.29, 0.717) is 17.5 Å². The smallest absolute Gasteiger partial charge is 0.185 e. The molecule has 0 bridgehead atoms. The summed E-state index contributed by atoms with van der Waals surface area (Å²) in [6.45, 7) is 2.60. The van der Waals surface area contributed by atoms with Gasteiger partial charge in [0.1, 0.15) is 12.1 Å². The van der Waals surface area contributed by atoms with Crippen LogP contribution in [0.3, 0.4) is 0 Å². The van der Waals surface area contributed by atoms with Gasteiger partial charge in [-0.25, -0.2) is 9.97 Å². The minimum atomic E-state index is 0.452. The van der Waals surface area contributed by atoms with E-state index in [1.54, 1.807) is 23.9 Å². The van der Waals surface area contributed by atoms with Gasteiger partial charge >= 0.3 is 0 Å². The van der Waals surface area contributed by atoms with Crippen molar-refractivity contribution in [1.82, 2.24) is 20.7 Å². The Morgan fingerprint density at radius 1 is 1.19 bits per heavy atom. The highest BCUT2D eigenvalue weighted by Gasteiger charge is 2.10. The number of aromatic nitrogens is 2. The minimum absolute atomic E-state index is 0.452. The molecule has 4 aromatic rings. The van der Waals surface area contributed by atoms with E-state index >= 15 is 0 Å². The summed E-state index contributed by atoms with van der Waals surface area (Å²) >= 11 is 6.92. The zero-order valence-electron chi connectivity index (χ0n) is 14.5. The molecule has 1 aromatic carbocycles. The predicted octanol–water partition coefficient (Wildman–Crippen LogP) is 4.25. The van der Waals surface area contributed by atoms with E-state index in [4.69, 9.17) is 16.6 Å². The molecule has 0 spiro atoms. The van der Waals surface area contributed by atoms with Crippen LogP contribution < -0.4 is 16.2 Å². The lowest BCUT2D eigenvalue weighted by Crippen LogP contribution is -2.38. The number of rotatable bonds is 5. The van der Waals surface area contributed by atoms with Crippen molar-refractivity contribution < 1.29 is 4.42 Å². The van der Waals surface area contributed by atoms with Crippen molar-refractivity contribution in [3.05, 3.63) is 66.4 Å². The molecule has 3 N–H and O–H groups in total. The number of furan rings is 1. The normalized spacial score (nSPS) is 10.7. The first-order chi connectivity index (χ1) is 13.2. The first-order valence-corrected chi connectivity index (χ1v) is 9.55. The Kier molecular flexibility index (Phi) is 4.99. The number of thiocarbonyl (C=S) groups is 1. The van der Waals surface area contributed by atoms with Crippen molar-refractivity contribution in [3.63, 3.8) is 0 Å². The summed E-state index contributed by atoms with van der Waals surface area (Å²) in [4.78, 5) is 9.86. The maximum Gasteiger partial charge on any atom is 0.185 e. The molecule has 27 heavy (non-hydrogen) atoms. The Morgan fingerprint density at radius 3 is 2.93 bits per heavy atom. The van der Waals surface area contributed by atoms with Crippen LogP contribution in [0.25, 0.3) is 20.7 Å². The standard InChI is InChI=1S/C19H17N5OS2/c1-12-4-2-5-13(8-12)16-9-15-17(27-16)18(22-11-21-15)23-24-19(26)20-10-14-6-3-7-25-14/h2-9,11H,10H2,1H3,(H2,20,24,26)(H,21,22,23). The van der Waals surface area contributed by atoms with Gasteiger partial charge in [-0.05, 0) is 42.9 Å². The van der Waals surface area contributed by atoms with Crippen LogP contribution in [0.2, 0.25) is 0 Å². The van der Waals surface area contributed by atoms with Crippen molar-refractivity contribution in [2.45, 2.75) is 13.5 Å². The number of fused-ring (bicyclic) bond motifs is 1. The SMILES string of the molecule is Cc1cccc(-c2cc3ncnc(NNC(=S)NCc4ccco4)c3s2)c1. The molecule has 0 saturated carbocycles. The summed E-state index contributed by atoms with van der Waals surface area (Å²) in [5, 5.41) is 3.52. The molecule has 3 aromatic heterocycles. The largest absolute Gasteiger partial charge is 0.467 e. The Hall–Kier alpha value is -2.97. The second-order valence-electron chi connectivity index (χ2n) is 5.93. The summed E-state index contributed by atoms with van der Waals surface area (Å²) in [7, 11) is 0. The van der Waals surface area contributed by atoms with Crippen molar-refractivity contribution in [2.75, 3.05) is 5.43 Å². The van der Waals surface area contributed by atoms with Crippen molar-refractivity contribution in [2.24, 2.45) is 0 Å². The molecule has 0 aliphatic heterocycles. The van der Waals surface area contributed by atoms with Crippen LogP contribution >= 0.6 is 23.6 Å². The fourth-order valence-electron chi connectivity index (χ4n) is 2.62. The molecule has 8 heteroatoms. The lowest BCUT2D eigenvalue weighted by atomic mass is 10.1. The summed E-state index contributed by atoms with van der Waals surface area (Å²) < 4.78 is 6.24. The van der Waals surface area contributed by atoms with E-state index < -0.39 is 0 Å². The number of thiophene rings is 1. The fraction of sp³-hybridized carbons (Fsp3) is 0.105. The maximum absolute atomic E-state index is 5.28. The van der Waals surface area contributed by atoms with Crippen molar-refractivity contribution in [1.29, 1.82) is 0 Å². The third-order valence-electron chi connectivity index (χ3n) is 3.91. The molecule has 0 radical (unpaired) electrons. The van der Waals surface area contributed by atoms with Gasteiger partial charge in [-0.2, -0.15) is 0 Å². The van der Waals surface area contributed by atoms with Crippen LogP contribution in [0.5, 0.6) is 0 Å². The van der Waals surface area contributed by atoms with Gasteiger partial charge in [-0.15, -0.1) is 11.3 Å². The summed E-state index contributed by atoms with van der Waals surface area (Å²) in [5.41, 5.74) is 9.32. The lowest BCUT2D eigenvalue weighted by Gasteiger charge is -2.11. The highest BCUT2D eigenvalue weighted by atomic mass is 32.1. The van der Waals surface area contributed by atoms with Crippen LogP contribution in [0.15, 0.2) is 59.5 Å². The number of nitrogens with one attached hydrogen (secondary N) is 3. The molecule has 0 aliphatic rings. The molecule has 0 unspecified atom stereocenters. The Balaban J connectivity index is 1.48. The number of hydrogen-bond acceptors (Lipinski definition) is 6. The molecule has 0 amide bonds. The molecule has 136 valence electrons. The van der Waals surface area contributed by atoms with E-state index in [1.807, 2.05) is 12.1 Å². The fourth-order valence-corrected chi connectivity index (χ4v) is 3.80. The molecule has 6 nitrogen and oxygen atoms in total. The Bertz CT molecular complexity index is 1070. The maximum atomic E-state index is 5.28. The van der Waals surface area contributed by atoms with E-state index in [1.165, 1.54) is 11.1 Å². The minimum Gasteiger partial charge on any atom is -0.467 e.